The molecule has 0 atom stereocenters. The van der Waals surface area contributed by atoms with E-state index in [9.17, 15) is 34.8 Å². The third-order valence-electron chi connectivity index (χ3n) is 4.03. The van der Waals surface area contributed by atoms with Crippen LogP contribution in [0.1, 0.15) is 11.1 Å². The van der Waals surface area contributed by atoms with Crippen LogP contribution in [0.5, 0.6) is 11.5 Å². The molecule has 3 aromatic rings. The van der Waals surface area contributed by atoms with Gasteiger partial charge in [0.2, 0.25) is 0 Å². The average molecular weight is 496 g/mol. The normalized spacial score (nSPS) is 12.5. The Kier molecular flexibility index (Phi) is 6.34. The quantitative estimate of drug-likeness (QED) is 0.389. The van der Waals surface area contributed by atoms with E-state index in [0.717, 1.165) is 0 Å². The summed E-state index contributed by atoms with van der Waals surface area (Å²) >= 11 is 5.72. The van der Waals surface area contributed by atoms with Crippen LogP contribution in [0.3, 0.4) is 0 Å². The Morgan fingerprint density at radius 3 is 1.69 bits per heavy atom. The van der Waals surface area contributed by atoms with Crippen LogP contribution in [0, 0.1) is 0 Å². The number of benzene rings is 3. The Balaban J connectivity index is 1.82. The minimum atomic E-state index is -5.01. The van der Waals surface area contributed by atoms with E-state index in [1.807, 2.05) is 0 Å². The van der Waals surface area contributed by atoms with Crippen molar-refractivity contribution in [2.75, 3.05) is 4.72 Å². The lowest BCUT2D eigenvalue weighted by Crippen LogP contribution is -2.12. The molecule has 12 heteroatoms. The third-order valence-corrected chi connectivity index (χ3v) is 5.68. The highest BCUT2D eigenvalue weighted by Crippen LogP contribution is 2.39. The Morgan fingerprint density at radius 2 is 1.22 bits per heavy atom. The van der Waals surface area contributed by atoms with Crippen molar-refractivity contribution in [1.82, 2.24) is 0 Å². The van der Waals surface area contributed by atoms with Crippen LogP contribution >= 0.6 is 11.6 Å². The van der Waals surface area contributed by atoms with Gasteiger partial charge >= 0.3 is 12.4 Å². The Morgan fingerprint density at radius 1 is 0.719 bits per heavy atom. The minimum absolute atomic E-state index is 0.0124. The van der Waals surface area contributed by atoms with E-state index in [1.54, 1.807) is 0 Å². The van der Waals surface area contributed by atoms with Crippen LogP contribution in [0.25, 0.3) is 0 Å². The van der Waals surface area contributed by atoms with E-state index in [0.29, 0.717) is 17.2 Å². The second-order valence-electron chi connectivity index (χ2n) is 6.43. The van der Waals surface area contributed by atoms with Crippen LogP contribution < -0.4 is 9.46 Å². The van der Waals surface area contributed by atoms with Gasteiger partial charge < -0.3 is 4.74 Å². The summed E-state index contributed by atoms with van der Waals surface area (Å²) in [6.07, 6.45) is -10.0. The molecule has 0 saturated carbocycles. The van der Waals surface area contributed by atoms with Crippen molar-refractivity contribution in [3.63, 3.8) is 0 Å². The molecule has 3 aromatic carbocycles. The van der Waals surface area contributed by atoms with Gasteiger partial charge in [0.1, 0.15) is 11.5 Å². The van der Waals surface area contributed by atoms with Gasteiger partial charge in [-0.05, 0) is 66.7 Å². The second-order valence-corrected chi connectivity index (χ2v) is 8.55. The highest BCUT2D eigenvalue weighted by molar-refractivity contribution is 7.92. The summed E-state index contributed by atoms with van der Waals surface area (Å²) in [5.41, 5.74) is -2.95. The molecule has 170 valence electrons. The predicted octanol–water partition coefficient (Wildman–Crippen LogP) is 6.97. The molecule has 0 heterocycles. The molecule has 0 saturated heterocycles. The van der Waals surface area contributed by atoms with E-state index >= 15 is 0 Å². The number of hydrogen-bond acceptors (Lipinski definition) is 3. The number of rotatable bonds is 5. The van der Waals surface area contributed by atoms with Crippen molar-refractivity contribution in [2.45, 2.75) is 17.2 Å². The van der Waals surface area contributed by atoms with Crippen LogP contribution in [-0.4, -0.2) is 8.42 Å². The molecule has 0 aromatic heterocycles. The first-order valence-electron chi connectivity index (χ1n) is 8.60. The van der Waals surface area contributed by atoms with Gasteiger partial charge in [-0.3, -0.25) is 4.72 Å². The maximum atomic E-state index is 13.0. The van der Waals surface area contributed by atoms with E-state index in [-0.39, 0.29) is 22.4 Å². The summed E-state index contributed by atoms with van der Waals surface area (Å²) in [4.78, 5) is -0.0640. The Hall–Kier alpha value is -2.92. The molecular formula is C20H12ClF6NO3S. The number of nitrogens with one attached hydrogen (secondary N) is 1. The van der Waals surface area contributed by atoms with Gasteiger partial charge in [0.25, 0.3) is 10.0 Å². The van der Waals surface area contributed by atoms with Crippen LogP contribution in [0.2, 0.25) is 5.02 Å². The molecule has 0 bridgehead atoms. The smallest absolute Gasteiger partial charge is 0.416 e. The number of ether oxygens (including phenoxy) is 1. The van der Waals surface area contributed by atoms with Crippen molar-refractivity contribution in [2.24, 2.45) is 0 Å². The summed E-state index contributed by atoms with van der Waals surface area (Å²) in [5.74, 6) is -0.784. The Labute approximate surface area is 183 Å². The van der Waals surface area contributed by atoms with E-state index in [4.69, 9.17) is 16.3 Å². The second kappa shape index (κ2) is 8.55. The summed E-state index contributed by atoms with van der Waals surface area (Å²) < 4.78 is 110. The number of anilines is 1. The monoisotopic (exact) mass is 495 g/mol. The summed E-state index contributed by atoms with van der Waals surface area (Å²) in [5, 5.41) is 0.341. The summed E-state index contributed by atoms with van der Waals surface area (Å²) in [7, 11) is -3.95. The number of hydrogen-bond donors (Lipinski definition) is 1. The highest BCUT2D eigenvalue weighted by atomic mass is 35.5. The molecule has 0 amide bonds. The standard InChI is InChI=1S/C20H12ClF6NO3S/c21-14-1-7-18(8-2-14)32(29,30)28-15-3-5-16(6-4-15)31-17-10-12(19(22,23)24)9-13(11-17)20(25,26)27/h1-11,28H. The van der Waals surface area contributed by atoms with Crippen molar-refractivity contribution >= 4 is 27.3 Å². The van der Waals surface area contributed by atoms with Gasteiger partial charge in [-0.1, -0.05) is 11.6 Å². The first-order valence-corrected chi connectivity index (χ1v) is 10.5. The fourth-order valence-corrected chi connectivity index (χ4v) is 3.72. The molecule has 0 fully saturated rings. The largest absolute Gasteiger partial charge is 0.457 e. The molecule has 0 aliphatic carbocycles. The molecular weight excluding hydrogens is 484 g/mol. The van der Waals surface area contributed by atoms with Gasteiger partial charge in [0.05, 0.1) is 16.0 Å². The first-order chi connectivity index (χ1) is 14.7. The first kappa shape index (κ1) is 23.7. The average Bonchev–Trinajstić information content (AvgIpc) is 2.68. The number of halogens is 7. The van der Waals surface area contributed by atoms with E-state index < -0.39 is 39.3 Å². The van der Waals surface area contributed by atoms with Crippen molar-refractivity contribution in [3.05, 3.63) is 82.9 Å². The highest BCUT2D eigenvalue weighted by Gasteiger charge is 2.37. The Bertz CT molecular complexity index is 1180. The van der Waals surface area contributed by atoms with Crippen molar-refractivity contribution < 1.29 is 39.5 Å². The van der Waals surface area contributed by atoms with E-state index in [2.05, 4.69) is 4.72 Å². The predicted molar refractivity (Wildman–Crippen MR) is 105 cm³/mol. The topological polar surface area (TPSA) is 55.4 Å². The zero-order valence-electron chi connectivity index (χ0n) is 15.6. The summed E-state index contributed by atoms with van der Waals surface area (Å²) in [6, 6.07) is 11.1. The molecule has 3 rings (SSSR count). The fraction of sp³-hybridized carbons (Fsp3) is 0.100. The molecule has 0 aliphatic heterocycles. The molecule has 0 radical (unpaired) electrons. The number of alkyl halides is 6. The maximum absolute atomic E-state index is 13.0. The van der Waals surface area contributed by atoms with Gasteiger partial charge in [-0.15, -0.1) is 0 Å². The lowest BCUT2D eigenvalue weighted by molar-refractivity contribution is -0.143. The molecule has 1 N–H and O–H groups in total. The van der Waals surface area contributed by atoms with Gasteiger partial charge in [-0.25, -0.2) is 8.42 Å². The van der Waals surface area contributed by atoms with E-state index in [1.165, 1.54) is 48.5 Å². The van der Waals surface area contributed by atoms with Crippen LogP contribution in [0.4, 0.5) is 32.0 Å². The molecule has 32 heavy (non-hydrogen) atoms. The molecule has 0 spiro atoms. The lowest BCUT2D eigenvalue weighted by Gasteiger charge is -2.15. The van der Waals surface area contributed by atoms with Gasteiger partial charge in [0.15, 0.2) is 0 Å². The lowest BCUT2D eigenvalue weighted by atomic mass is 10.1. The minimum Gasteiger partial charge on any atom is -0.457 e. The van der Waals surface area contributed by atoms with Gasteiger partial charge in [0, 0.05) is 10.7 Å². The molecule has 0 unspecified atom stereocenters. The number of sulfonamides is 1. The van der Waals surface area contributed by atoms with Gasteiger partial charge in [-0.2, -0.15) is 26.3 Å². The van der Waals surface area contributed by atoms with Crippen molar-refractivity contribution in [1.29, 1.82) is 0 Å². The summed E-state index contributed by atoms with van der Waals surface area (Å²) in [6.45, 7) is 0. The van der Waals surface area contributed by atoms with Crippen LogP contribution in [-0.2, 0) is 22.4 Å². The zero-order chi connectivity index (χ0) is 23.7. The third kappa shape index (κ3) is 5.86. The maximum Gasteiger partial charge on any atom is 0.416 e. The van der Waals surface area contributed by atoms with Crippen LogP contribution in [0.15, 0.2) is 71.6 Å². The van der Waals surface area contributed by atoms with Crippen molar-refractivity contribution in [3.8, 4) is 11.5 Å². The zero-order valence-corrected chi connectivity index (χ0v) is 17.2. The molecule has 4 nitrogen and oxygen atoms in total. The SMILES string of the molecule is O=S(=O)(Nc1ccc(Oc2cc(C(F)(F)F)cc(C(F)(F)F)c2)cc1)c1ccc(Cl)cc1. The fourth-order valence-electron chi connectivity index (χ4n) is 2.54. The molecule has 0 aliphatic rings.